The Morgan fingerprint density at radius 3 is 2.30 bits per heavy atom. The smallest absolute Gasteiger partial charge is 0.347 e. The molecule has 10 heteroatoms. The number of carbonyl (C=O) groups is 2. The minimum atomic E-state index is -1.39. The maximum Gasteiger partial charge on any atom is 0.347 e. The van der Waals surface area contributed by atoms with E-state index in [1.165, 1.54) is 50.2 Å². The van der Waals surface area contributed by atoms with Gasteiger partial charge in [0.1, 0.15) is 5.75 Å². The highest BCUT2D eigenvalue weighted by molar-refractivity contribution is 6.34. The summed E-state index contributed by atoms with van der Waals surface area (Å²) >= 11 is 5.92. The van der Waals surface area contributed by atoms with E-state index in [2.05, 4.69) is 10.6 Å². The second kappa shape index (κ2) is 7.92. The number of carboxylic acid groups (broad SMARTS) is 1. The van der Waals surface area contributed by atoms with Crippen LogP contribution in [0.2, 0.25) is 5.02 Å². The summed E-state index contributed by atoms with van der Waals surface area (Å²) in [7, 11) is 0. The molecule has 0 saturated carbocycles. The van der Waals surface area contributed by atoms with Gasteiger partial charge in [0, 0.05) is 17.8 Å². The van der Waals surface area contributed by atoms with Gasteiger partial charge in [-0.2, -0.15) is 0 Å². The third kappa shape index (κ3) is 5.32. The van der Waals surface area contributed by atoms with Crippen molar-refractivity contribution in [2.75, 3.05) is 10.6 Å². The van der Waals surface area contributed by atoms with Crippen molar-refractivity contribution in [2.45, 2.75) is 19.4 Å². The van der Waals surface area contributed by atoms with Crippen LogP contribution in [0, 0.1) is 10.1 Å². The number of nitrogens with zero attached hydrogens (tertiary/aromatic N) is 1. The van der Waals surface area contributed by atoms with Crippen LogP contribution < -0.4 is 15.4 Å². The molecule has 2 aromatic rings. The summed E-state index contributed by atoms with van der Waals surface area (Å²) in [4.78, 5) is 33.2. The number of halogens is 1. The van der Waals surface area contributed by atoms with Crippen LogP contribution in [0.5, 0.6) is 5.75 Å². The van der Waals surface area contributed by atoms with Crippen molar-refractivity contribution < 1.29 is 24.4 Å². The van der Waals surface area contributed by atoms with Gasteiger partial charge in [-0.3, -0.25) is 10.1 Å². The number of rotatable bonds is 6. The van der Waals surface area contributed by atoms with E-state index < -0.39 is 22.5 Å². The average Bonchev–Trinajstić information content (AvgIpc) is 2.58. The number of non-ortho nitro benzene ring substituents is 1. The third-order valence-electron chi connectivity index (χ3n) is 3.41. The largest absolute Gasteiger partial charge is 0.478 e. The second-order valence-electron chi connectivity index (χ2n) is 5.94. The SMILES string of the molecule is CC(C)(Oc1ccc(NC(=O)Nc2ccc([N+](=O)[O-])cc2Cl)cc1)C(=O)O. The van der Waals surface area contributed by atoms with Crippen LogP contribution in [0.1, 0.15) is 13.8 Å². The van der Waals surface area contributed by atoms with E-state index in [9.17, 15) is 19.7 Å². The highest BCUT2D eigenvalue weighted by Gasteiger charge is 2.29. The molecule has 0 bridgehead atoms. The van der Waals surface area contributed by atoms with E-state index >= 15 is 0 Å². The fourth-order valence-corrected chi connectivity index (χ4v) is 2.17. The van der Waals surface area contributed by atoms with Crippen LogP contribution in [-0.4, -0.2) is 27.6 Å². The molecule has 0 saturated heterocycles. The number of carbonyl (C=O) groups excluding carboxylic acids is 1. The summed E-state index contributed by atoms with van der Waals surface area (Å²) in [6, 6.07) is 9.16. The van der Waals surface area contributed by atoms with E-state index in [1.54, 1.807) is 0 Å². The summed E-state index contributed by atoms with van der Waals surface area (Å²) in [6.07, 6.45) is 0. The fraction of sp³-hybridized carbons (Fsp3) is 0.176. The first-order valence-electron chi connectivity index (χ1n) is 7.63. The molecular weight excluding hydrogens is 378 g/mol. The van der Waals surface area contributed by atoms with E-state index in [4.69, 9.17) is 21.4 Å². The number of nitrogens with one attached hydrogen (secondary N) is 2. The summed E-state index contributed by atoms with van der Waals surface area (Å²) in [5.41, 5.74) is -0.946. The summed E-state index contributed by atoms with van der Waals surface area (Å²) < 4.78 is 5.36. The number of hydrogen-bond donors (Lipinski definition) is 3. The number of benzene rings is 2. The third-order valence-corrected chi connectivity index (χ3v) is 3.72. The molecule has 0 unspecified atom stereocenters. The minimum Gasteiger partial charge on any atom is -0.478 e. The van der Waals surface area contributed by atoms with Crippen LogP contribution >= 0.6 is 11.6 Å². The number of nitro benzene ring substituents is 1. The van der Waals surface area contributed by atoms with Gasteiger partial charge < -0.3 is 20.5 Å². The molecule has 2 amide bonds. The molecule has 9 nitrogen and oxygen atoms in total. The topological polar surface area (TPSA) is 131 Å². The van der Waals surface area contributed by atoms with E-state index in [-0.39, 0.29) is 16.4 Å². The van der Waals surface area contributed by atoms with Gasteiger partial charge in [-0.05, 0) is 44.2 Å². The lowest BCUT2D eigenvalue weighted by Gasteiger charge is -2.21. The summed E-state index contributed by atoms with van der Waals surface area (Å²) in [5.74, 6) is -0.782. The van der Waals surface area contributed by atoms with Gasteiger partial charge in [0.15, 0.2) is 5.60 Å². The van der Waals surface area contributed by atoms with Gasteiger partial charge in [0.05, 0.1) is 15.6 Å². The predicted octanol–water partition coefficient (Wildman–Crippen LogP) is 4.13. The second-order valence-corrected chi connectivity index (χ2v) is 6.35. The van der Waals surface area contributed by atoms with Crippen molar-refractivity contribution in [2.24, 2.45) is 0 Å². The van der Waals surface area contributed by atoms with Gasteiger partial charge in [0.2, 0.25) is 0 Å². The van der Waals surface area contributed by atoms with Crippen molar-refractivity contribution in [3.8, 4) is 5.75 Å². The van der Waals surface area contributed by atoms with Crippen molar-refractivity contribution in [1.29, 1.82) is 0 Å². The van der Waals surface area contributed by atoms with Gasteiger partial charge in [0.25, 0.3) is 5.69 Å². The monoisotopic (exact) mass is 393 g/mol. The first-order valence-corrected chi connectivity index (χ1v) is 8.01. The number of amides is 2. The maximum atomic E-state index is 12.0. The number of anilines is 2. The molecular formula is C17H16ClN3O6. The lowest BCUT2D eigenvalue weighted by atomic mass is 10.1. The van der Waals surface area contributed by atoms with E-state index in [0.29, 0.717) is 11.4 Å². The zero-order valence-corrected chi connectivity index (χ0v) is 15.1. The van der Waals surface area contributed by atoms with Crippen LogP contribution in [-0.2, 0) is 4.79 Å². The zero-order valence-electron chi connectivity index (χ0n) is 14.4. The molecule has 2 aromatic carbocycles. The molecule has 0 spiro atoms. The fourth-order valence-electron chi connectivity index (χ4n) is 1.95. The van der Waals surface area contributed by atoms with Crippen LogP contribution in [0.15, 0.2) is 42.5 Å². The molecule has 0 fully saturated rings. The first-order chi connectivity index (χ1) is 12.6. The Kier molecular flexibility index (Phi) is 5.86. The molecule has 0 radical (unpaired) electrons. The standard InChI is InChI=1S/C17H16ClN3O6/c1-17(2,15(22)23)27-12-6-3-10(4-7-12)19-16(24)20-14-8-5-11(21(25)26)9-13(14)18/h3-9H,1-2H3,(H,22,23)(H2,19,20,24). The molecule has 0 atom stereocenters. The Morgan fingerprint density at radius 1 is 1.15 bits per heavy atom. The molecule has 27 heavy (non-hydrogen) atoms. The number of aliphatic carboxylic acids is 1. The Labute approximate surface area is 159 Å². The molecule has 0 aliphatic carbocycles. The normalized spacial score (nSPS) is 10.8. The highest BCUT2D eigenvalue weighted by Crippen LogP contribution is 2.27. The molecule has 142 valence electrons. The highest BCUT2D eigenvalue weighted by atomic mass is 35.5. The number of carboxylic acids is 1. The lowest BCUT2D eigenvalue weighted by molar-refractivity contribution is -0.384. The van der Waals surface area contributed by atoms with Gasteiger partial charge in [-0.1, -0.05) is 11.6 Å². The van der Waals surface area contributed by atoms with Gasteiger partial charge in [-0.25, -0.2) is 9.59 Å². The molecule has 2 rings (SSSR count). The van der Waals surface area contributed by atoms with Crippen LogP contribution in [0.4, 0.5) is 21.9 Å². The Morgan fingerprint density at radius 2 is 1.78 bits per heavy atom. The minimum absolute atomic E-state index is 0.0269. The number of nitro groups is 1. The van der Waals surface area contributed by atoms with E-state index in [1.807, 2.05) is 0 Å². The zero-order chi connectivity index (χ0) is 20.2. The molecule has 0 heterocycles. The van der Waals surface area contributed by atoms with E-state index in [0.717, 1.165) is 6.07 Å². The molecule has 0 aromatic heterocycles. The van der Waals surface area contributed by atoms with Crippen molar-refractivity contribution in [1.82, 2.24) is 0 Å². The van der Waals surface area contributed by atoms with Gasteiger partial charge in [-0.15, -0.1) is 0 Å². The molecule has 0 aliphatic heterocycles. The Hall–Kier alpha value is -3.33. The van der Waals surface area contributed by atoms with Gasteiger partial charge >= 0.3 is 12.0 Å². The number of ether oxygens (including phenoxy) is 1. The maximum absolute atomic E-state index is 12.0. The van der Waals surface area contributed by atoms with Crippen LogP contribution in [0.25, 0.3) is 0 Å². The number of hydrogen-bond acceptors (Lipinski definition) is 5. The molecule has 0 aliphatic rings. The summed E-state index contributed by atoms with van der Waals surface area (Å²) in [6.45, 7) is 2.84. The predicted molar refractivity (Wildman–Crippen MR) is 99.5 cm³/mol. The van der Waals surface area contributed by atoms with Crippen molar-refractivity contribution >= 4 is 40.7 Å². The summed E-state index contributed by atoms with van der Waals surface area (Å²) in [5, 5.41) is 24.8. The quantitative estimate of drug-likeness (QED) is 0.499. The Balaban J connectivity index is 2.00. The van der Waals surface area contributed by atoms with Crippen molar-refractivity contribution in [3.05, 3.63) is 57.6 Å². The van der Waals surface area contributed by atoms with Crippen molar-refractivity contribution in [3.63, 3.8) is 0 Å². The first kappa shape index (κ1) is 20.0. The number of urea groups is 1. The Bertz CT molecular complexity index is 883. The lowest BCUT2D eigenvalue weighted by Crippen LogP contribution is -2.37. The molecule has 3 N–H and O–H groups in total. The van der Waals surface area contributed by atoms with Crippen LogP contribution in [0.3, 0.4) is 0 Å². The average molecular weight is 394 g/mol.